The number of benzene rings is 1. The van der Waals surface area contributed by atoms with Crippen LogP contribution in [0.1, 0.15) is 18.1 Å². The van der Waals surface area contributed by atoms with Crippen LogP contribution in [0.15, 0.2) is 18.2 Å². The molecular weight excluding hydrogens is 216 g/mol. The molecule has 0 radical (unpaired) electrons. The van der Waals surface area contributed by atoms with Crippen molar-refractivity contribution in [3.8, 4) is 0 Å². The number of halogens is 1. The molecule has 12 heavy (non-hydrogen) atoms. The van der Waals surface area contributed by atoms with Gasteiger partial charge in [-0.2, -0.15) is 0 Å². The first-order chi connectivity index (χ1) is 5.80. The van der Waals surface area contributed by atoms with E-state index in [1.54, 1.807) is 0 Å². The van der Waals surface area contributed by atoms with Crippen LogP contribution in [0.5, 0.6) is 0 Å². The molecule has 0 aliphatic rings. The lowest BCUT2D eigenvalue weighted by molar-refractivity contribution is 1.13. The Hall–Kier alpha value is -0.540. The molecule has 0 saturated carbocycles. The van der Waals surface area contributed by atoms with Crippen LogP contribution in [0.4, 0.5) is 5.69 Å². The summed E-state index contributed by atoms with van der Waals surface area (Å²) in [4.78, 5) is 0. The molecule has 0 fully saturated rings. The minimum Gasteiger partial charge on any atom is -0.324 e. The molecule has 0 aliphatic carbocycles. The van der Waals surface area contributed by atoms with E-state index in [0.29, 0.717) is 0 Å². The molecule has 0 amide bonds. The summed E-state index contributed by atoms with van der Waals surface area (Å²) in [5.41, 5.74) is 6.19. The Morgan fingerprint density at radius 3 is 2.50 bits per heavy atom. The predicted molar refractivity (Wildman–Crippen MR) is 56.3 cm³/mol. The fourth-order valence-electron chi connectivity index (χ4n) is 1.13. The van der Waals surface area contributed by atoms with Crippen LogP contribution in [0.25, 0.3) is 0 Å². The molecule has 3 N–H and O–H groups in total. The molecule has 3 heteroatoms. The van der Waals surface area contributed by atoms with E-state index in [2.05, 4.69) is 40.4 Å². The third-order valence-corrected chi connectivity index (χ3v) is 2.43. The van der Waals surface area contributed by atoms with Crippen LogP contribution >= 0.6 is 15.9 Å². The van der Waals surface area contributed by atoms with Gasteiger partial charge in [-0.05, 0) is 29.7 Å². The quantitative estimate of drug-likeness (QED) is 0.474. The van der Waals surface area contributed by atoms with Gasteiger partial charge in [0.05, 0.1) is 0 Å². The number of alkyl halides is 1. The fraction of sp³-hybridized carbons (Fsp3) is 0.333. The highest BCUT2D eigenvalue weighted by Crippen LogP contribution is 2.16. The molecule has 0 unspecified atom stereocenters. The topological polar surface area (TPSA) is 38.0 Å². The number of rotatable bonds is 3. The molecule has 0 heterocycles. The monoisotopic (exact) mass is 228 g/mol. The average Bonchev–Trinajstić information content (AvgIpc) is 2.16. The second-order valence-electron chi connectivity index (χ2n) is 2.67. The maximum atomic E-state index is 5.33. The Bertz CT molecular complexity index is 205. The maximum Gasteiger partial charge on any atom is 0.0490 e. The van der Waals surface area contributed by atoms with Crippen LogP contribution in [0.2, 0.25) is 0 Å². The van der Waals surface area contributed by atoms with Crippen LogP contribution < -0.4 is 11.3 Å². The normalized spacial score (nSPS) is 9.92. The van der Waals surface area contributed by atoms with Gasteiger partial charge in [0.2, 0.25) is 0 Å². The van der Waals surface area contributed by atoms with Gasteiger partial charge in [-0.25, -0.2) is 0 Å². The van der Waals surface area contributed by atoms with E-state index in [0.717, 1.165) is 17.4 Å². The van der Waals surface area contributed by atoms with Crippen LogP contribution in [0.3, 0.4) is 0 Å². The molecular formula is C9H13BrN2. The number of hydrogen-bond donors (Lipinski definition) is 2. The number of nitrogens with one attached hydrogen (secondary N) is 1. The van der Waals surface area contributed by atoms with Crippen molar-refractivity contribution in [3.63, 3.8) is 0 Å². The standard InChI is InChI=1S/C9H13BrN2/c1-2-7-3-8(6-10)5-9(4-7)12-11/h3-5,12H,2,6,11H2,1H3. The van der Waals surface area contributed by atoms with Crippen molar-refractivity contribution in [1.29, 1.82) is 0 Å². The van der Waals surface area contributed by atoms with Gasteiger partial charge < -0.3 is 5.43 Å². The third-order valence-electron chi connectivity index (χ3n) is 1.78. The summed E-state index contributed by atoms with van der Waals surface area (Å²) in [6.07, 6.45) is 1.04. The number of aryl methyl sites for hydroxylation is 1. The molecule has 0 spiro atoms. The number of hydrazine groups is 1. The van der Waals surface area contributed by atoms with Crippen molar-refractivity contribution in [3.05, 3.63) is 29.3 Å². The van der Waals surface area contributed by atoms with E-state index in [1.165, 1.54) is 11.1 Å². The highest BCUT2D eigenvalue weighted by molar-refractivity contribution is 9.08. The molecule has 1 aromatic carbocycles. The largest absolute Gasteiger partial charge is 0.324 e. The first kappa shape index (κ1) is 9.55. The number of hydrogen-bond acceptors (Lipinski definition) is 2. The second kappa shape index (κ2) is 4.48. The first-order valence-corrected chi connectivity index (χ1v) is 5.07. The van der Waals surface area contributed by atoms with Gasteiger partial charge in [0.25, 0.3) is 0 Å². The van der Waals surface area contributed by atoms with Crippen LogP contribution in [0, 0.1) is 0 Å². The summed E-state index contributed by atoms with van der Waals surface area (Å²) >= 11 is 3.42. The minimum absolute atomic E-state index is 0.871. The third kappa shape index (κ3) is 2.22. The number of anilines is 1. The van der Waals surface area contributed by atoms with Crippen molar-refractivity contribution in [2.45, 2.75) is 18.7 Å². The van der Waals surface area contributed by atoms with E-state index in [9.17, 15) is 0 Å². The van der Waals surface area contributed by atoms with Gasteiger partial charge in [-0.3, -0.25) is 5.84 Å². The van der Waals surface area contributed by atoms with Gasteiger partial charge in [0.15, 0.2) is 0 Å². The zero-order valence-electron chi connectivity index (χ0n) is 7.10. The molecule has 1 aromatic rings. The number of nitrogen functional groups attached to an aromatic ring is 1. The van der Waals surface area contributed by atoms with Crippen molar-refractivity contribution in [2.75, 3.05) is 5.43 Å². The van der Waals surface area contributed by atoms with Crippen molar-refractivity contribution in [2.24, 2.45) is 5.84 Å². The maximum absolute atomic E-state index is 5.33. The summed E-state index contributed by atoms with van der Waals surface area (Å²) in [5.74, 6) is 5.33. The van der Waals surface area contributed by atoms with Gasteiger partial charge in [-0.1, -0.05) is 28.9 Å². The molecule has 0 saturated heterocycles. The lowest BCUT2D eigenvalue weighted by Gasteiger charge is -2.05. The Balaban J connectivity index is 3.01. The predicted octanol–water partition coefficient (Wildman–Crippen LogP) is 2.43. The molecule has 0 bridgehead atoms. The molecule has 0 atom stereocenters. The minimum atomic E-state index is 0.871. The zero-order chi connectivity index (χ0) is 8.97. The van der Waals surface area contributed by atoms with E-state index >= 15 is 0 Å². The van der Waals surface area contributed by atoms with Crippen LogP contribution in [-0.4, -0.2) is 0 Å². The second-order valence-corrected chi connectivity index (χ2v) is 3.23. The van der Waals surface area contributed by atoms with E-state index in [1.807, 2.05) is 6.07 Å². The summed E-state index contributed by atoms with van der Waals surface area (Å²) in [6, 6.07) is 6.27. The first-order valence-electron chi connectivity index (χ1n) is 3.95. The highest BCUT2D eigenvalue weighted by atomic mass is 79.9. The molecule has 0 aliphatic heterocycles. The van der Waals surface area contributed by atoms with E-state index in [4.69, 9.17) is 5.84 Å². The summed E-state index contributed by atoms with van der Waals surface area (Å²) in [7, 11) is 0. The van der Waals surface area contributed by atoms with E-state index < -0.39 is 0 Å². The van der Waals surface area contributed by atoms with Crippen molar-refractivity contribution < 1.29 is 0 Å². The number of nitrogens with two attached hydrogens (primary N) is 1. The van der Waals surface area contributed by atoms with Crippen molar-refractivity contribution in [1.82, 2.24) is 0 Å². The average molecular weight is 229 g/mol. The fourth-order valence-corrected chi connectivity index (χ4v) is 1.45. The Labute approximate surface area is 81.3 Å². The lowest BCUT2D eigenvalue weighted by Crippen LogP contribution is -2.07. The summed E-state index contributed by atoms with van der Waals surface area (Å²) in [6.45, 7) is 2.13. The summed E-state index contributed by atoms with van der Waals surface area (Å²) < 4.78 is 0. The summed E-state index contributed by atoms with van der Waals surface area (Å²) in [5, 5.41) is 0.871. The van der Waals surface area contributed by atoms with Gasteiger partial charge in [0.1, 0.15) is 0 Å². The Morgan fingerprint density at radius 2 is 2.00 bits per heavy atom. The highest BCUT2D eigenvalue weighted by Gasteiger charge is 1.97. The van der Waals surface area contributed by atoms with Gasteiger partial charge in [0, 0.05) is 11.0 Å². The van der Waals surface area contributed by atoms with Gasteiger partial charge in [-0.15, -0.1) is 0 Å². The Morgan fingerprint density at radius 1 is 1.33 bits per heavy atom. The lowest BCUT2D eigenvalue weighted by atomic mass is 10.1. The Kier molecular flexibility index (Phi) is 3.56. The molecule has 1 rings (SSSR count). The smallest absolute Gasteiger partial charge is 0.0490 e. The zero-order valence-corrected chi connectivity index (χ0v) is 8.69. The van der Waals surface area contributed by atoms with Crippen molar-refractivity contribution >= 4 is 21.6 Å². The van der Waals surface area contributed by atoms with E-state index in [-0.39, 0.29) is 0 Å². The van der Waals surface area contributed by atoms with Gasteiger partial charge >= 0.3 is 0 Å². The SMILES string of the molecule is CCc1cc(CBr)cc(NN)c1. The molecule has 2 nitrogen and oxygen atoms in total. The molecule has 66 valence electrons. The van der Waals surface area contributed by atoms with Crippen LogP contribution in [-0.2, 0) is 11.8 Å². The molecule has 0 aromatic heterocycles.